The monoisotopic (exact) mass is 346 g/mol. The molecular weight excluding hydrogens is 324 g/mol. The first-order chi connectivity index (χ1) is 11.8. The summed E-state index contributed by atoms with van der Waals surface area (Å²) in [6.45, 7) is 9.18. The molecule has 0 unspecified atom stereocenters. The first-order valence-electron chi connectivity index (χ1n) is 8.45. The van der Waals surface area contributed by atoms with Crippen LogP contribution < -0.4 is 0 Å². The molecule has 0 aromatic carbocycles. The Kier molecular flexibility index (Phi) is 4.54. The average molecular weight is 346 g/mol. The van der Waals surface area contributed by atoms with E-state index in [0.29, 0.717) is 12.0 Å². The zero-order valence-electron chi connectivity index (χ0n) is 14.6. The molecule has 6 nitrogen and oxygen atoms in total. The quantitative estimate of drug-likeness (QED) is 0.330. The highest BCUT2D eigenvalue weighted by Crippen LogP contribution is 2.38. The molecule has 4 atom stereocenters. The Bertz CT molecular complexity index is 699. The SMILES string of the molecule is C=C1C(=O)O[C@@H]2/C=C(\C)C[C@H]3C=C(C[C@H](OC(=O)C(C)C)[C@@H]12)C(=O)O3. The van der Waals surface area contributed by atoms with E-state index in [-0.39, 0.29) is 24.0 Å². The molecule has 0 spiro atoms. The summed E-state index contributed by atoms with van der Waals surface area (Å²) in [5, 5.41) is 0. The summed E-state index contributed by atoms with van der Waals surface area (Å²) < 4.78 is 16.4. The zero-order chi connectivity index (χ0) is 18.3. The highest BCUT2D eigenvalue weighted by Gasteiger charge is 2.46. The van der Waals surface area contributed by atoms with Crippen LogP contribution in [-0.4, -0.2) is 36.2 Å². The summed E-state index contributed by atoms with van der Waals surface area (Å²) in [6.07, 6.45) is 2.73. The van der Waals surface area contributed by atoms with Crippen molar-refractivity contribution in [1.82, 2.24) is 0 Å². The highest BCUT2D eigenvalue weighted by atomic mass is 16.6. The molecule has 3 rings (SSSR count). The molecule has 1 saturated heterocycles. The van der Waals surface area contributed by atoms with Gasteiger partial charge in [0.2, 0.25) is 0 Å². The molecule has 0 saturated carbocycles. The largest absolute Gasteiger partial charge is 0.461 e. The fourth-order valence-electron chi connectivity index (χ4n) is 3.38. The van der Waals surface area contributed by atoms with Crippen molar-refractivity contribution in [2.45, 2.75) is 51.9 Å². The molecule has 1 fully saturated rings. The molecule has 2 heterocycles. The van der Waals surface area contributed by atoms with Crippen LogP contribution in [0.4, 0.5) is 0 Å². The lowest BCUT2D eigenvalue weighted by atomic mass is 9.85. The van der Waals surface area contributed by atoms with E-state index in [1.165, 1.54) is 0 Å². The fraction of sp³-hybridized carbons (Fsp3) is 0.526. The Hall–Kier alpha value is -2.37. The maximum atomic E-state index is 12.2. The number of carbonyl (C=O) groups excluding carboxylic acids is 3. The molecule has 2 aliphatic heterocycles. The topological polar surface area (TPSA) is 78.9 Å². The molecule has 3 aliphatic rings. The van der Waals surface area contributed by atoms with Crippen molar-refractivity contribution in [2.24, 2.45) is 11.8 Å². The summed E-state index contributed by atoms with van der Waals surface area (Å²) >= 11 is 0. The average Bonchev–Trinajstić information content (AvgIpc) is 2.98. The van der Waals surface area contributed by atoms with E-state index in [4.69, 9.17) is 14.2 Å². The molecule has 0 N–H and O–H groups in total. The molecule has 6 heteroatoms. The third-order valence-corrected chi connectivity index (χ3v) is 4.70. The predicted octanol–water partition coefficient (Wildman–Crippen LogP) is 2.24. The van der Waals surface area contributed by atoms with Gasteiger partial charge in [-0.05, 0) is 19.1 Å². The molecule has 1 aliphatic carbocycles. The van der Waals surface area contributed by atoms with Crippen LogP contribution in [0.25, 0.3) is 0 Å². The minimum absolute atomic E-state index is 0.178. The second-order valence-electron chi connectivity index (χ2n) is 7.11. The molecular formula is C19H22O6. The van der Waals surface area contributed by atoms with Gasteiger partial charge in [-0.3, -0.25) is 4.79 Å². The standard InChI is InChI=1S/C19H22O6/c1-9(2)17(20)24-15-8-12-7-13(23-19(12)22)5-10(3)6-14-16(15)11(4)18(21)25-14/h6-7,9,13-16H,4-5,8H2,1-3H3/b10-6+/t13-,14+,15-,16-/m0/s1. The van der Waals surface area contributed by atoms with E-state index in [9.17, 15) is 14.4 Å². The Morgan fingerprint density at radius 3 is 2.60 bits per heavy atom. The minimum atomic E-state index is -0.710. The van der Waals surface area contributed by atoms with Crippen molar-refractivity contribution >= 4 is 17.9 Å². The van der Waals surface area contributed by atoms with Crippen molar-refractivity contribution in [3.8, 4) is 0 Å². The Morgan fingerprint density at radius 1 is 1.20 bits per heavy atom. The summed E-state index contributed by atoms with van der Waals surface area (Å²) in [4.78, 5) is 36.3. The van der Waals surface area contributed by atoms with E-state index in [2.05, 4.69) is 6.58 Å². The van der Waals surface area contributed by atoms with Crippen LogP contribution in [0.1, 0.15) is 33.6 Å². The number of ether oxygens (including phenoxy) is 3. The van der Waals surface area contributed by atoms with Crippen LogP contribution in [-0.2, 0) is 28.6 Å². The molecule has 0 aromatic heterocycles. The van der Waals surface area contributed by atoms with Crippen LogP contribution in [0, 0.1) is 11.8 Å². The lowest BCUT2D eigenvalue weighted by molar-refractivity contribution is -0.156. The first-order valence-corrected chi connectivity index (χ1v) is 8.45. The van der Waals surface area contributed by atoms with Crippen molar-refractivity contribution in [3.63, 3.8) is 0 Å². The second-order valence-corrected chi connectivity index (χ2v) is 7.11. The van der Waals surface area contributed by atoms with Crippen molar-refractivity contribution < 1.29 is 28.6 Å². The zero-order valence-corrected chi connectivity index (χ0v) is 14.6. The molecule has 0 aromatic rings. The van der Waals surface area contributed by atoms with E-state index in [1.54, 1.807) is 19.9 Å². The summed E-state index contributed by atoms with van der Waals surface area (Å²) in [5.74, 6) is -2.13. The number of hydrogen-bond donors (Lipinski definition) is 0. The van der Waals surface area contributed by atoms with Crippen LogP contribution in [0.3, 0.4) is 0 Å². The van der Waals surface area contributed by atoms with Crippen molar-refractivity contribution in [2.75, 3.05) is 0 Å². The van der Waals surface area contributed by atoms with Crippen LogP contribution in [0.2, 0.25) is 0 Å². The molecule has 0 radical (unpaired) electrons. The van der Waals surface area contributed by atoms with E-state index in [1.807, 2.05) is 13.0 Å². The van der Waals surface area contributed by atoms with Crippen LogP contribution >= 0.6 is 0 Å². The maximum absolute atomic E-state index is 12.2. The number of carbonyl (C=O) groups is 3. The van der Waals surface area contributed by atoms with Gasteiger partial charge in [0, 0.05) is 24.0 Å². The molecule has 2 bridgehead atoms. The molecule has 25 heavy (non-hydrogen) atoms. The number of rotatable bonds is 2. The van der Waals surface area contributed by atoms with E-state index in [0.717, 1.165) is 5.57 Å². The lowest BCUT2D eigenvalue weighted by Gasteiger charge is -2.27. The summed E-state index contributed by atoms with van der Waals surface area (Å²) in [5.41, 5.74) is 1.66. The van der Waals surface area contributed by atoms with Gasteiger partial charge in [0.1, 0.15) is 18.3 Å². The van der Waals surface area contributed by atoms with Crippen LogP contribution in [0.15, 0.2) is 35.5 Å². The maximum Gasteiger partial charge on any atom is 0.334 e. The van der Waals surface area contributed by atoms with Crippen LogP contribution in [0.5, 0.6) is 0 Å². The molecule has 134 valence electrons. The smallest absolute Gasteiger partial charge is 0.334 e. The van der Waals surface area contributed by atoms with Gasteiger partial charge in [-0.15, -0.1) is 0 Å². The normalized spacial score (nSPS) is 33.8. The van der Waals surface area contributed by atoms with Crippen molar-refractivity contribution in [3.05, 3.63) is 35.5 Å². The van der Waals surface area contributed by atoms with Gasteiger partial charge in [0.25, 0.3) is 0 Å². The lowest BCUT2D eigenvalue weighted by Crippen LogP contribution is -2.35. The molecule has 0 amide bonds. The van der Waals surface area contributed by atoms with Gasteiger partial charge in [-0.2, -0.15) is 0 Å². The third kappa shape index (κ3) is 3.38. The number of fused-ring (bicyclic) bond motifs is 2. The van der Waals surface area contributed by atoms with Crippen molar-refractivity contribution in [1.29, 1.82) is 0 Å². The van der Waals surface area contributed by atoms with Gasteiger partial charge in [-0.1, -0.05) is 26.0 Å². The third-order valence-electron chi connectivity index (χ3n) is 4.70. The van der Waals surface area contributed by atoms with Gasteiger partial charge < -0.3 is 14.2 Å². The first kappa shape index (κ1) is 17.5. The Balaban J connectivity index is 1.99. The Labute approximate surface area is 146 Å². The van der Waals surface area contributed by atoms with E-state index >= 15 is 0 Å². The summed E-state index contributed by atoms with van der Waals surface area (Å²) in [6, 6.07) is 0. The fourth-order valence-corrected chi connectivity index (χ4v) is 3.38. The minimum Gasteiger partial charge on any atom is -0.461 e. The van der Waals surface area contributed by atoms with Gasteiger partial charge in [0.15, 0.2) is 0 Å². The van der Waals surface area contributed by atoms with E-state index < -0.39 is 36.0 Å². The predicted molar refractivity (Wildman–Crippen MR) is 88.2 cm³/mol. The number of hydrogen-bond acceptors (Lipinski definition) is 6. The summed E-state index contributed by atoms with van der Waals surface area (Å²) in [7, 11) is 0. The number of esters is 3. The Morgan fingerprint density at radius 2 is 1.92 bits per heavy atom. The van der Waals surface area contributed by atoms with Gasteiger partial charge >= 0.3 is 17.9 Å². The second kappa shape index (κ2) is 6.50. The highest BCUT2D eigenvalue weighted by molar-refractivity contribution is 5.92. The van der Waals surface area contributed by atoms with Gasteiger partial charge in [0.05, 0.1) is 11.8 Å². The van der Waals surface area contributed by atoms with Gasteiger partial charge in [-0.25, -0.2) is 9.59 Å².